The second-order valence-corrected chi connectivity index (χ2v) is 6.25. The third kappa shape index (κ3) is 4.51. The van der Waals surface area contributed by atoms with E-state index in [0.29, 0.717) is 40.8 Å². The molecule has 3 aromatic heterocycles. The molecule has 0 radical (unpaired) electrons. The summed E-state index contributed by atoms with van der Waals surface area (Å²) in [6.07, 6.45) is 3.91. The molecule has 3 heterocycles. The van der Waals surface area contributed by atoms with Gasteiger partial charge in [-0.25, -0.2) is 14.4 Å². The Morgan fingerprint density at radius 2 is 2.08 bits per heavy atom. The monoisotopic (exact) mass is 343 g/mol. The Bertz CT molecular complexity index is 833. The number of fused-ring (bicyclic) bond motifs is 1. The Morgan fingerprint density at radius 3 is 2.88 bits per heavy atom. The van der Waals surface area contributed by atoms with E-state index in [1.807, 2.05) is 0 Å². The van der Waals surface area contributed by atoms with Crippen molar-refractivity contribution in [3.8, 4) is 0 Å². The van der Waals surface area contributed by atoms with Gasteiger partial charge in [0.05, 0.1) is 12.2 Å². The van der Waals surface area contributed by atoms with Gasteiger partial charge in [0.2, 0.25) is 0 Å². The fourth-order valence-electron chi connectivity index (χ4n) is 2.44. The minimum Gasteiger partial charge on any atom is -0.440 e. The summed E-state index contributed by atoms with van der Waals surface area (Å²) in [5, 5.41) is 6.45. The molecule has 0 amide bonds. The van der Waals surface area contributed by atoms with Crippen LogP contribution in [0.1, 0.15) is 25.4 Å². The van der Waals surface area contributed by atoms with Crippen LogP contribution in [0.2, 0.25) is 0 Å². The smallest absolute Gasteiger partial charge is 0.196 e. The molecule has 6 nitrogen and oxygen atoms in total. The lowest BCUT2D eigenvalue weighted by molar-refractivity contribution is 0.497. The quantitative estimate of drug-likeness (QED) is 0.612. The van der Waals surface area contributed by atoms with Gasteiger partial charge in [0.25, 0.3) is 0 Å². The predicted molar refractivity (Wildman–Crippen MR) is 94.7 cm³/mol. The molecule has 7 heteroatoms. The van der Waals surface area contributed by atoms with Gasteiger partial charge in [-0.3, -0.25) is 4.98 Å². The van der Waals surface area contributed by atoms with Crippen molar-refractivity contribution in [3.63, 3.8) is 0 Å². The lowest BCUT2D eigenvalue weighted by Crippen LogP contribution is -2.22. The Hall–Kier alpha value is -2.54. The molecule has 0 aliphatic heterocycles. The van der Waals surface area contributed by atoms with Gasteiger partial charge in [-0.05, 0) is 24.6 Å². The van der Waals surface area contributed by atoms with Crippen LogP contribution in [0.25, 0.3) is 11.1 Å². The number of pyridine rings is 2. The number of nitrogens with zero attached hydrogens (tertiary/aromatic N) is 3. The topological polar surface area (TPSA) is 75.9 Å². The molecule has 0 aromatic carbocycles. The molecule has 0 bridgehead atoms. The lowest BCUT2D eigenvalue weighted by atomic mass is 10.2. The van der Waals surface area contributed by atoms with Crippen LogP contribution in [0.15, 0.2) is 35.0 Å². The van der Waals surface area contributed by atoms with Gasteiger partial charge in [-0.2, -0.15) is 0 Å². The zero-order valence-corrected chi connectivity index (χ0v) is 14.4. The number of aromatic nitrogens is 3. The van der Waals surface area contributed by atoms with E-state index in [4.69, 9.17) is 4.42 Å². The summed E-state index contributed by atoms with van der Waals surface area (Å²) < 4.78 is 19.4. The first-order valence-electron chi connectivity index (χ1n) is 8.42. The standard InChI is InChI=1S/C18H22FN5O/c1-12(2)10-20-8-6-16-24-17-15(25-16)5-9-22-18(17)23-11-14-13(19)4-3-7-21-14/h3-5,7,9,12,20H,6,8,10-11H2,1-2H3,(H,22,23). The van der Waals surface area contributed by atoms with Crippen LogP contribution < -0.4 is 10.6 Å². The third-order valence-corrected chi connectivity index (χ3v) is 3.68. The van der Waals surface area contributed by atoms with E-state index in [1.165, 1.54) is 6.07 Å². The second-order valence-electron chi connectivity index (χ2n) is 6.25. The highest BCUT2D eigenvalue weighted by molar-refractivity contribution is 5.83. The molecule has 2 N–H and O–H groups in total. The van der Waals surface area contributed by atoms with Gasteiger partial charge in [0.15, 0.2) is 22.8 Å². The predicted octanol–water partition coefficient (Wildman–Crippen LogP) is 3.16. The molecule has 0 saturated carbocycles. The Balaban J connectivity index is 1.68. The van der Waals surface area contributed by atoms with E-state index in [1.54, 1.807) is 24.5 Å². The van der Waals surface area contributed by atoms with Gasteiger partial charge >= 0.3 is 0 Å². The van der Waals surface area contributed by atoms with E-state index in [0.717, 1.165) is 13.1 Å². The molecule has 3 aromatic rings. The van der Waals surface area contributed by atoms with Gasteiger partial charge in [0, 0.05) is 31.4 Å². The van der Waals surface area contributed by atoms with Gasteiger partial charge < -0.3 is 15.1 Å². The minimum atomic E-state index is -0.348. The lowest BCUT2D eigenvalue weighted by Gasteiger charge is -2.05. The first-order chi connectivity index (χ1) is 12.1. The van der Waals surface area contributed by atoms with Crippen LogP contribution in [-0.4, -0.2) is 28.0 Å². The Labute approximate surface area is 145 Å². The fourth-order valence-corrected chi connectivity index (χ4v) is 2.44. The van der Waals surface area contributed by atoms with Crippen LogP contribution in [-0.2, 0) is 13.0 Å². The summed E-state index contributed by atoms with van der Waals surface area (Å²) in [5.41, 5.74) is 1.65. The molecule has 0 unspecified atom stereocenters. The maximum Gasteiger partial charge on any atom is 0.196 e. The van der Waals surface area contributed by atoms with Crippen LogP contribution in [0.3, 0.4) is 0 Å². The number of halogens is 1. The molecule has 0 aliphatic rings. The summed E-state index contributed by atoms with van der Waals surface area (Å²) >= 11 is 0. The van der Waals surface area contributed by atoms with E-state index >= 15 is 0 Å². The van der Waals surface area contributed by atoms with Gasteiger partial charge in [-0.1, -0.05) is 13.8 Å². The second kappa shape index (κ2) is 8.02. The fraction of sp³-hybridized carbons (Fsp3) is 0.389. The maximum atomic E-state index is 13.7. The Morgan fingerprint density at radius 1 is 1.20 bits per heavy atom. The molecular formula is C18H22FN5O. The zero-order chi connectivity index (χ0) is 17.6. The van der Waals surface area contributed by atoms with Crippen LogP contribution in [0.4, 0.5) is 10.2 Å². The van der Waals surface area contributed by atoms with E-state index < -0.39 is 0 Å². The molecule has 25 heavy (non-hydrogen) atoms. The van der Waals surface area contributed by atoms with Crippen LogP contribution in [0.5, 0.6) is 0 Å². The number of rotatable bonds is 8. The SMILES string of the molecule is CC(C)CNCCc1nc2c(NCc3ncccc3F)nccc2o1. The first kappa shape index (κ1) is 17.3. The maximum absolute atomic E-state index is 13.7. The van der Waals surface area contributed by atoms with Crippen molar-refractivity contribution in [1.29, 1.82) is 0 Å². The van der Waals surface area contributed by atoms with Crippen molar-refractivity contribution >= 4 is 16.9 Å². The molecular weight excluding hydrogens is 321 g/mol. The van der Waals surface area contributed by atoms with Crippen molar-refractivity contribution in [2.75, 3.05) is 18.4 Å². The summed E-state index contributed by atoms with van der Waals surface area (Å²) in [6, 6.07) is 4.73. The zero-order valence-electron chi connectivity index (χ0n) is 14.4. The van der Waals surface area contributed by atoms with Gasteiger partial charge in [-0.15, -0.1) is 0 Å². The summed E-state index contributed by atoms with van der Waals surface area (Å²) in [4.78, 5) is 12.8. The highest BCUT2D eigenvalue weighted by Gasteiger charge is 2.12. The first-order valence-corrected chi connectivity index (χ1v) is 8.42. The average Bonchev–Trinajstić information content (AvgIpc) is 3.01. The molecule has 0 aliphatic carbocycles. The number of hydrogen-bond donors (Lipinski definition) is 2. The van der Waals surface area contributed by atoms with E-state index in [2.05, 4.69) is 39.4 Å². The number of oxazole rings is 1. The third-order valence-electron chi connectivity index (χ3n) is 3.68. The number of anilines is 1. The molecule has 132 valence electrons. The van der Waals surface area contributed by atoms with Crippen molar-refractivity contribution in [2.24, 2.45) is 5.92 Å². The summed E-state index contributed by atoms with van der Waals surface area (Å²) in [6.45, 7) is 6.34. The molecule has 0 saturated heterocycles. The molecule has 0 atom stereocenters. The van der Waals surface area contributed by atoms with Crippen molar-refractivity contribution in [2.45, 2.75) is 26.8 Å². The number of hydrogen-bond acceptors (Lipinski definition) is 6. The molecule has 0 spiro atoms. The van der Waals surface area contributed by atoms with Crippen LogP contribution >= 0.6 is 0 Å². The van der Waals surface area contributed by atoms with E-state index in [-0.39, 0.29) is 12.4 Å². The van der Waals surface area contributed by atoms with Crippen molar-refractivity contribution in [1.82, 2.24) is 20.3 Å². The highest BCUT2D eigenvalue weighted by atomic mass is 19.1. The molecule has 0 fully saturated rings. The highest BCUT2D eigenvalue weighted by Crippen LogP contribution is 2.22. The molecule has 3 rings (SSSR count). The average molecular weight is 343 g/mol. The van der Waals surface area contributed by atoms with Gasteiger partial charge in [0.1, 0.15) is 5.82 Å². The largest absolute Gasteiger partial charge is 0.440 e. The summed E-state index contributed by atoms with van der Waals surface area (Å²) in [7, 11) is 0. The Kier molecular flexibility index (Phi) is 5.55. The van der Waals surface area contributed by atoms with Crippen LogP contribution in [0, 0.1) is 11.7 Å². The van der Waals surface area contributed by atoms with Crippen molar-refractivity contribution < 1.29 is 8.81 Å². The van der Waals surface area contributed by atoms with Crippen molar-refractivity contribution in [3.05, 3.63) is 48.0 Å². The minimum absolute atomic E-state index is 0.233. The normalized spacial score (nSPS) is 11.4. The number of nitrogens with one attached hydrogen (secondary N) is 2. The van der Waals surface area contributed by atoms with E-state index in [9.17, 15) is 4.39 Å². The summed E-state index contributed by atoms with van der Waals surface area (Å²) in [5.74, 6) is 1.48.